The van der Waals surface area contributed by atoms with Crippen LogP contribution in [0.3, 0.4) is 0 Å². The van der Waals surface area contributed by atoms with Gasteiger partial charge < -0.3 is 9.74 Å². The minimum absolute atomic E-state index is 0.0385. The van der Waals surface area contributed by atoms with Crippen LogP contribution in [0.5, 0.6) is 0 Å². The Kier molecular flexibility index (Phi) is 6.58. The summed E-state index contributed by atoms with van der Waals surface area (Å²) in [6, 6.07) is 16.3. The van der Waals surface area contributed by atoms with Crippen molar-refractivity contribution in [3.63, 3.8) is 0 Å². The molecule has 2 atom stereocenters. The molecule has 0 aromatic heterocycles. The molecule has 1 amide bonds. The lowest BCUT2D eigenvalue weighted by Crippen LogP contribution is -2.40. The molecule has 5 heteroatoms. The third-order valence-electron chi connectivity index (χ3n) is 4.91. The molecule has 0 bridgehead atoms. The standard InChI is InChI=1S/C23H25FN2O2/c1-3-14-26(23(27)19(4-2)17-10-6-5-7-11-17)16-18-15-22(25-28-18)20-12-8-9-13-21(20)24/h3,5-13,18-19H,1,4,14-16H2,2H3/t18-,19-/m1/s1. The van der Waals surface area contributed by atoms with Gasteiger partial charge in [-0.25, -0.2) is 4.39 Å². The zero-order valence-corrected chi connectivity index (χ0v) is 16.1. The highest BCUT2D eigenvalue weighted by Gasteiger charge is 2.30. The lowest BCUT2D eigenvalue weighted by Gasteiger charge is -2.27. The number of hydrogen-bond acceptors (Lipinski definition) is 3. The molecule has 0 aliphatic carbocycles. The maximum absolute atomic E-state index is 14.0. The second-order valence-electron chi connectivity index (χ2n) is 6.85. The number of carbonyl (C=O) groups excluding carboxylic acids is 1. The van der Waals surface area contributed by atoms with Crippen LogP contribution in [-0.2, 0) is 9.63 Å². The summed E-state index contributed by atoms with van der Waals surface area (Å²) in [7, 11) is 0. The topological polar surface area (TPSA) is 41.9 Å². The SMILES string of the molecule is C=CCN(C[C@H]1CC(c2ccccc2F)=NO1)C(=O)[C@H](CC)c1ccccc1. The zero-order chi connectivity index (χ0) is 19.9. The largest absolute Gasteiger partial charge is 0.390 e. The summed E-state index contributed by atoms with van der Waals surface area (Å²) in [6.45, 7) is 6.60. The maximum Gasteiger partial charge on any atom is 0.230 e. The molecule has 1 heterocycles. The predicted molar refractivity (Wildman–Crippen MR) is 109 cm³/mol. The van der Waals surface area contributed by atoms with Crippen molar-refractivity contribution in [3.8, 4) is 0 Å². The molecule has 0 saturated heterocycles. The lowest BCUT2D eigenvalue weighted by atomic mass is 9.94. The molecule has 2 aromatic carbocycles. The second-order valence-corrected chi connectivity index (χ2v) is 6.85. The minimum Gasteiger partial charge on any atom is -0.390 e. The van der Waals surface area contributed by atoms with Crippen molar-refractivity contribution < 1.29 is 14.0 Å². The monoisotopic (exact) mass is 380 g/mol. The molecule has 0 fully saturated rings. The van der Waals surface area contributed by atoms with Crippen molar-refractivity contribution >= 4 is 11.6 Å². The highest BCUT2D eigenvalue weighted by atomic mass is 19.1. The van der Waals surface area contributed by atoms with Crippen LogP contribution in [0.25, 0.3) is 0 Å². The fourth-order valence-electron chi connectivity index (χ4n) is 3.50. The molecule has 4 nitrogen and oxygen atoms in total. The van der Waals surface area contributed by atoms with Gasteiger partial charge in [0.15, 0.2) is 6.10 Å². The molecular weight excluding hydrogens is 355 g/mol. The van der Waals surface area contributed by atoms with Gasteiger partial charge in [0.25, 0.3) is 0 Å². The van der Waals surface area contributed by atoms with E-state index in [2.05, 4.69) is 11.7 Å². The second kappa shape index (κ2) is 9.31. The summed E-state index contributed by atoms with van der Waals surface area (Å²) < 4.78 is 14.0. The number of hydrogen-bond donors (Lipinski definition) is 0. The van der Waals surface area contributed by atoms with Crippen molar-refractivity contribution in [2.45, 2.75) is 31.8 Å². The van der Waals surface area contributed by atoms with E-state index in [0.717, 1.165) is 5.56 Å². The van der Waals surface area contributed by atoms with Crippen LogP contribution in [0.1, 0.15) is 36.8 Å². The van der Waals surface area contributed by atoms with Gasteiger partial charge >= 0.3 is 0 Å². The Balaban J connectivity index is 1.69. The molecular formula is C23H25FN2O2. The van der Waals surface area contributed by atoms with Gasteiger partial charge in [0.2, 0.25) is 5.91 Å². The van der Waals surface area contributed by atoms with Crippen LogP contribution < -0.4 is 0 Å². The smallest absolute Gasteiger partial charge is 0.230 e. The van der Waals surface area contributed by atoms with E-state index in [1.165, 1.54) is 6.07 Å². The molecule has 1 aliphatic rings. The fourth-order valence-corrected chi connectivity index (χ4v) is 3.50. The van der Waals surface area contributed by atoms with E-state index in [1.807, 2.05) is 37.3 Å². The van der Waals surface area contributed by atoms with Crippen LogP contribution in [0.15, 0.2) is 72.4 Å². The molecule has 2 aromatic rings. The Bertz CT molecular complexity index is 851. The third-order valence-corrected chi connectivity index (χ3v) is 4.91. The van der Waals surface area contributed by atoms with Crippen molar-refractivity contribution in [2.75, 3.05) is 13.1 Å². The number of carbonyl (C=O) groups is 1. The number of amides is 1. The van der Waals surface area contributed by atoms with Gasteiger partial charge in [-0.2, -0.15) is 0 Å². The van der Waals surface area contributed by atoms with Crippen LogP contribution in [0.4, 0.5) is 4.39 Å². The average molecular weight is 380 g/mol. The highest BCUT2D eigenvalue weighted by molar-refractivity contribution is 6.01. The van der Waals surface area contributed by atoms with E-state index in [1.54, 1.807) is 29.2 Å². The number of rotatable bonds is 8. The van der Waals surface area contributed by atoms with Crippen molar-refractivity contribution in [2.24, 2.45) is 5.16 Å². The average Bonchev–Trinajstić information content (AvgIpc) is 3.17. The van der Waals surface area contributed by atoms with Gasteiger partial charge in [-0.15, -0.1) is 6.58 Å². The number of benzene rings is 2. The molecule has 3 rings (SSSR count). The van der Waals surface area contributed by atoms with E-state index >= 15 is 0 Å². The molecule has 1 aliphatic heterocycles. The van der Waals surface area contributed by atoms with E-state index in [-0.39, 0.29) is 23.7 Å². The normalized spacial score (nSPS) is 16.8. The fraction of sp³-hybridized carbons (Fsp3) is 0.304. The summed E-state index contributed by atoms with van der Waals surface area (Å²) in [5.41, 5.74) is 2.02. The van der Waals surface area contributed by atoms with Crippen LogP contribution in [0, 0.1) is 5.82 Å². The van der Waals surface area contributed by atoms with Gasteiger partial charge in [0, 0.05) is 18.5 Å². The molecule has 0 unspecified atom stereocenters. The maximum atomic E-state index is 14.0. The Hall–Kier alpha value is -2.95. The first-order valence-electron chi connectivity index (χ1n) is 9.56. The van der Waals surface area contributed by atoms with Gasteiger partial charge in [-0.05, 0) is 18.1 Å². The summed E-state index contributed by atoms with van der Waals surface area (Å²) in [6.07, 6.45) is 2.58. The van der Waals surface area contributed by atoms with Crippen molar-refractivity contribution in [1.82, 2.24) is 4.90 Å². The van der Waals surface area contributed by atoms with Gasteiger partial charge in [0.05, 0.1) is 18.2 Å². The lowest BCUT2D eigenvalue weighted by molar-refractivity contribution is -0.134. The van der Waals surface area contributed by atoms with E-state index in [0.29, 0.717) is 37.2 Å². The number of nitrogens with zero attached hydrogens (tertiary/aromatic N) is 2. The summed E-state index contributed by atoms with van der Waals surface area (Å²) in [5.74, 6) is -0.495. The number of halogens is 1. The molecule has 0 saturated carbocycles. The summed E-state index contributed by atoms with van der Waals surface area (Å²) in [4.78, 5) is 20.4. The Labute approximate surface area is 165 Å². The number of oxime groups is 1. The Morgan fingerprint density at radius 3 is 2.68 bits per heavy atom. The van der Waals surface area contributed by atoms with Crippen molar-refractivity contribution in [3.05, 3.63) is 84.2 Å². The minimum atomic E-state index is -0.320. The molecule has 0 spiro atoms. The van der Waals surface area contributed by atoms with Crippen LogP contribution in [-0.4, -0.2) is 35.7 Å². The summed E-state index contributed by atoms with van der Waals surface area (Å²) in [5, 5.41) is 4.06. The highest BCUT2D eigenvalue weighted by Crippen LogP contribution is 2.24. The first-order chi connectivity index (χ1) is 13.6. The molecule has 146 valence electrons. The first-order valence-corrected chi connectivity index (χ1v) is 9.56. The van der Waals surface area contributed by atoms with Gasteiger partial charge in [-0.3, -0.25) is 4.79 Å². The molecule has 28 heavy (non-hydrogen) atoms. The van der Waals surface area contributed by atoms with E-state index < -0.39 is 0 Å². The molecule has 0 radical (unpaired) electrons. The van der Waals surface area contributed by atoms with Crippen LogP contribution >= 0.6 is 0 Å². The Morgan fingerprint density at radius 2 is 2.00 bits per heavy atom. The van der Waals surface area contributed by atoms with Gasteiger partial charge in [-0.1, -0.05) is 66.7 Å². The van der Waals surface area contributed by atoms with Crippen LogP contribution in [0.2, 0.25) is 0 Å². The van der Waals surface area contributed by atoms with E-state index in [9.17, 15) is 9.18 Å². The first kappa shape index (κ1) is 19.8. The summed E-state index contributed by atoms with van der Waals surface area (Å²) >= 11 is 0. The Morgan fingerprint density at radius 1 is 1.29 bits per heavy atom. The molecule has 0 N–H and O–H groups in total. The zero-order valence-electron chi connectivity index (χ0n) is 16.1. The van der Waals surface area contributed by atoms with E-state index in [4.69, 9.17) is 4.84 Å². The van der Waals surface area contributed by atoms with Gasteiger partial charge in [0.1, 0.15) is 5.82 Å². The predicted octanol–water partition coefficient (Wildman–Crippen LogP) is 4.53. The third kappa shape index (κ3) is 4.47. The quantitative estimate of drug-likeness (QED) is 0.632. The van der Waals surface area contributed by atoms with Crippen molar-refractivity contribution in [1.29, 1.82) is 0 Å².